The minimum atomic E-state index is -1.09. The van der Waals surface area contributed by atoms with Gasteiger partial charge in [-0.15, -0.1) is 5.10 Å². The molecule has 0 saturated carbocycles. The van der Waals surface area contributed by atoms with E-state index in [0.717, 1.165) is 5.56 Å². The molecule has 2 rings (SSSR count). The zero-order chi connectivity index (χ0) is 20.7. The van der Waals surface area contributed by atoms with Crippen LogP contribution >= 0.6 is 0 Å². The average Bonchev–Trinajstić information content (AvgIpc) is 2.97. The van der Waals surface area contributed by atoms with Crippen LogP contribution < -0.4 is 10.1 Å². The van der Waals surface area contributed by atoms with Crippen molar-refractivity contribution in [2.24, 2.45) is 0 Å². The quantitative estimate of drug-likeness (QED) is 0.718. The molecule has 28 heavy (non-hydrogen) atoms. The highest BCUT2D eigenvalue weighted by Gasteiger charge is 2.23. The molecule has 1 heterocycles. The molecule has 8 nitrogen and oxygen atoms in total. The lowest BCUT2D eigenvalue weighted by atomic mass is 10.2. The van der Waals surface area contributed by atoms with E-state index in [1.54, 1.807) is 20.8 Å². The third-order valence-electron chi connectivity index (χ3n) is 3.78. The molecule has 0 aliphatic carbocycles. The van der Waals surface area contributed by atoms with Crippen molar-refractivity contribution in [3.8, 4) is 5.88 Å². The second-order valence-corrected chi connectivity index (χ2v) is 7.22. The Morgan fingerprint density at radius 2 is 1.89 bits per heavy atom. The minimum absolute atomic E-state index is 0.0663. The van der Waals surface area contributed by atoms with Crippen LogP contribution in [-0.4, -0.2) is 39.1 Å². The van der Waals surface area contributed by atoms with Gasteiger partial charge in [0, 0.05) is 12.1 Å². The first-order valence-electron chi connectivity index (χ1n) is 9.17. The Bertz CT molecular complexity index is 809. The summed E-state index contributed by atoms with van der Waals surface area (Å²) < 4.78 is 12.3. The predicted octanol–water partition coefficient (Wildman–Crippen LogP) is 3.25. The van der Waals surface area contributed by atoms with E-state index in [2.05, 4.69) is 10.4 Å². The van der Waals surface area contributed by atoms with Crippen molar-refractivity contribution in [3.05, 3.63) is 47.2 Å². The fourth-order valence-electron chi connectivity index (χ4n) is 2.62. The zero-order valence-corrected chi connectivity index (χ0v) is 16.7. The summed E-state index contributed by atoms with van der Waals surface area (Å²) in [6.45, 7) is 7.81. The molecule has 0 radical (unpaired) electrons. The van der Waals surface area contributed by atoms with Gasteiger partial charge >= 0.3 is 12.1 Å². The summed E-state index contributed by atoms with van der Waals surface area (Å²) in [5, 5.41) is 16.5. The molecule has 0 aliphatic heterocycles. The second kappa shape index (κ2) is 9.25. The van der Waals surface area contributed by atoms with Crippen LogP contribution in [0.5, 0.6) is 5.88 Å². The number of nitrogens with one attached hydrogen (secondary N) is 1. The molecule has 0 fully saturated rings. The largest absolute Gasteiger partial charge is 0.477 e. The van der Waals surface area contributed by atoms with Crippen LogP contribution in [0.15, 0.2) is 30.3 Å². The van der Waals surface area contributed by atoms with Gasteiger partial charge in [0.2, 0.25) is 5.88 Å². The van der Waals surface area contributed by atoms with E-state index >= 15 is 0 Å². The summed E-state index contributed by atoms with van der Waals surface area (Å²) >= 11 is 0. The van der Waals surface area contributed by atoms with Crippen molar-refractivity contribution in [3.63, 3.8) is 0 Å². The number of hydrogen-bond acceptors (Lipinski definition) is 5. The molecule has 0 saturated heterocycles. The van der Waals surface area contributed by atoms with Crippen LogP contribution in [0.25, 0.3) is 0 Å². The molecule has 0 aliphatic rings. The van der Waals surface area contributed by atoms with E-state index < -0.39 is 17.7 Å². The van der Waals surface area contributed by atoms with E-state index in [1.807, 2.05) is 37.3 Å². The molecular formula is C20H27N3O5. The van der Waals surface area contributed by atoms with Gasteiger partial charge in [0.15, 0.2) is 5.69 Å². The Morgan fingerprint density at radius 1 is 1.21 bits per heavy atom. The molecular weight excluding hydrogens is 362 g/mol. The first kappa shape index (κ1) is 21.3. The predicted molar refractivity (Wildman–Crippen MR) is 104 cm³/mol. The molecule has 1 amide bonds. The molecule has 0 unspecified atom stereocenters. The van der Waals surface area contributed by atoms with E-state index in [-0.39, 0.29) is 18.8 Å². The van der Waals surface area contributed by atoms with Gasteiger partial charge in [-0.2, -0.15) is 0 Å². The highest BCUT2D eigenvalue weighted by atomic mass is 16.6. The van der Waals surface area contributed by atoms with Crippen molar-refractivity contribution >= 4 is 12.1 Å². The van der Waals surface area contributed by atoms with Crippen molar-refractivity contribution in [1.82, 2.24) is 15.1 Å². The number of benzene rings is 1. The molecule has 0 spiro atoms. The third-order valence-corrected chi connectivity index (χ3v) is 3.78. The highest BCUT2D eigenvalue weighted by Crippen LogP contribution is 2.23. The lowest BCUT2D eigenvalue weighted by Gasteiger charge is -2.19. The standard InChI is InChI=1S/C20H27N3O5/c1-5-15-16(18(24)25)23(12-11-21-19(26)28-20(2,3)4)22-17(15)27-13-14-9-7-6-8-10-14/h6-10H,5,11-13H2,1-4H3,(H,21,26)(H,24,25). The number of alkyl carbamates (subject to hydrolysis) is 1. The number of carboxylic acids is 1. The Balaban J connectivity index is 2.09. The van der Waals surface area contributed by atoms with Crippen LogP contribution in [0, 0.1) is 0 Å². The Morgan fingerprint density at radius 3 is 2.46 bits per heavy atom. The first-order chi connectivity index (χ1) is 13.2. The van der Waals surface area contributed by atoms with E-state index in [4.69, 9.17) is 9.47 Å². The number of amides is 1. The topological polar surface area (TPSA) is 103 Å². The van der Waals surface area contributed by atoms with Gasteiger partial charge in [-0.25, -0.2) is 9.59 Å². The van der Waals surface area contributed by atoms with Crippen molar-refractivity contribution < 1.29 is 24.2 Å². The summed E-state index contributed by atoms with van der Waals surface area (Å²) in [5.41, 5.74) is 0.954. The Labute approximate surface area is 164 Å². The summed E-state index contributed by atoms with van der Waals surface area (Å²) in [7, 11) is 0. The maximum absolute atomic E-state index is 11.8. The highest BCUT2D eigenvalue weighted by molar-refractivity contribution is 5.88. The van der Waals surface area contributed by atoms with Crippen LogP contribution in [0.3, 0.4) is 0 Å². The van der Waals surface area contributed by atoms with Gasteiger partial charge in [0.05, 0.1) is 6.54 Å². The van der Waals surface area contributed by atoms with Gasteiger partial charge in [-0.3, -0.25) is 4.68 Å². The Hall–Kier alpha value is -3.03. The van der Waals surface area contributed by atoms with Crippen LogP contribution in [0.2, 0.25) is 0 Å². The average molecular weight is 389 g/mol. The lowest BCUT2D eigenvalue weighted by molar-refractivity contribution is 0.0525. The molecule has 152 valence electrons. The SMILES string of the molecule is CCc1c(OCc2ccccc2)nn(CCNC(=O)OC(C)(C)C)c1C(=O)O. The monoisotopic (exact) mass is 389 g/mol. The number of carboxylic acid groups (broad SMARTS) is 1. The van der Waals surface area contributed by atoms with Crippen molar-refractivity contribution in [2.45, 2.75) is 52.9 Å². The smallest absolute Gasteiger partial charge is 0.407 e. The number of aromatic nitrogens is 2. The number of hydrogen-bond donors (Lipinski definition) is 2. The third kappa shape index (κ3) is 6.00. The summed E-state index contributed by atoms with van der Waals surface area (Å²) in [6.07, 6.45) is -0.0987. The van der Waals surface area contributed by atoms with Gasteiger partial charge in [-0.05, 0) is 32.8 Å². The maximum atomic E-state index is 11.8. The normalized spacial score (nSPS) is 11.1. The number of ether oxygens (including phenoxy) is 2. The molecule has 8 heteroatoms. The number of nitrogens with zero attached hydrogens (tertiary/aromatic N) is 2. The van der Waals surface area contributed by atoms with Crippen LogP contribution in [0.4, 0.5) is 4.79 Å². The Kier molecular flexibility index (Phi) is 7.03. The summed E-state index contributed by atoms with van der Waals surface area (Å²) in [5.74, 6) is -0.794. The second-order valence-electron chi connectivity index (χ2n) is 7.22. The summed E-state index contributed by atoms with van der Waals surface area (Å²) in [6, 6.07) is 9.57. The number of aromatic carboxylic acids is 1. The summed E-state index contributed by atoms with van der Waals surface area (Å²) in [4.78, 5) is 23.5. The number of carbonyl (C=O) groups excluding carboxylic acids is 1. The van der Waals surface area contributed by atoms with Gasteiger partial charge in [-0.1, -0.05) is 37.3 Å². The van der Waals surface area contributed by atoms with Crippen molar-refractivity contribution in [1.29, 1.82) is 0 Å². The van der Waals surface area contributed by atoms with Gasteiger partial charge < -0.3 is 19.9 Å². The van der Waals surface area contributed by atoms with E-state index in [0.29, 0.717) is 24.5 Å². The fourth-order valence-corrected chi connectivity index (χ4v) is 2.62. The van der Waals surface area contributed by atoms with E-state index in [9.17, 15) is 14.7 Å². The molecule has 2 N–H and O–H groups in total. The van der Waals surface area contributed by atoms with Crippen molar-refractivity contribution in [2.75, 3.05) is 6.54 Å². The maximum Gasteiger partial charge on any atom is 0.407 e. The number of carbonyl (C=O) groups is 2. The first-order valence-corrected chi connectivity index (χ1v) is 9.17. The minimum Gasteiger partial charge on any atom is -0.477 e. The fraction of sp³-hybridized carbons (Fsp3) is 0.450. The van der Waals surface area contributed by atoms with Crippen LogP contribution in [0.1, 0.15) is 49.3 Å². The van der Waals surface area contributed by atoms with Gasteiger partial charge in [0.1, 0.15) is 12.2 Å². The molecule has 0 bridgehead atoms. The molecule has 1 aromatic heterocycles. The number of rotatable bonds is 8. The molecule has 2 aromatic rings. The van der Waals surface area contributed by atoms with Crippen LogP contribution in [-0.2, 0) is 24.3 Å². The van der Waals surface area contributed by atoms with E-state index in [1.165, 1.54) is 4.68 Å². The molecule has 1 aromatic carbocycles. The molecule has 0 atom stereocenters. The van der Waals surface area contributed by atoms with Gasteiger partial charge in [0.25, 0.3) is 0 Å². The lowest BCUT2D eigenvalue weighted by Crippen LogP contribution is -2.34. The zero-order valence-electron chi connectivity index (χ0n) is 16.7.